The summed E-state index contributed by atoms with van der Waals surface area (Å²) in [5, 5.41) is 12.8. The summed E-state index contributed by atoms with van der Waals surface area (Å²) >= 11 is 0. The zero-order valence-corrected chi connectivity index (χ0v) is 11.9. The van der Waals surface area contributed by atoms with Crippen LogP contribution in [-0.4, -0.2) is 47.8 Å². The standard InChI is InChI=1S/C15H30N2O/c1-2-16-13-6-8-15(9-7-13)17-11-4-3-5-14(17)10-12-18/h13-16,18H,2-12H2,1H3. The molecule has 106 valence electrons. The maximum absolute atomic E-state index is 9.21. The van der Waals surface area contributed by atoms with E-state index in [0.717, 1.165) is 25.0 Å². The van der Waals surface area contributed by atoms with Crippen molar-refractivity contribution in [1.82, 2.24) is 10.2 Å². The van der Waals surface area contributed by atoms with Gasteiger partial charge in [0, 0.05) is 24.7 Å². The monoisotopic (exact) mass is 254 g/mol. The van der Waals surface area contributed by atoms with Gasteiger partial charge in [-0.05, 0) is 58.0 Å². The third-order valence-corrected chi connectivity index (χ3v) is 4.79. The van der Waals surface area contributed by atoms with Crippen LogP contribution < -0.4 is 5.32 Å². The highest BCUT2D eigenvalue weighted by atomic mass is 16.3. The zero-order valence-electron chi connectivity index (χ0n) is 11.9. The van der Waals surface area contributed by atoms with Gasteiger partial charge in [-0.25, -0.2) is 0 Å². The Hall–Kier alpha value is -0.120. The molecule has 3 heteroatoms. The molecule has 2 rings (SSSR count). The maximum Gasteiger partial charge on any atom is 0.0445 e. The molecular weight excluding hydrogens is 224 g/mol. The van der Waals surface area contributed by atoms with E-state index in [4.69, 9.17) is 0 Å². The average molecular weight is 254 g/mol. The Labute approximate surface area is 112 Å². The minimum absolute atomic E-state index is 0.355. The Bertz CT molecular complexity index is 225. The van der Waals surface area contributed by atoms with Crippen LogP contribution in [0.3, 0.4) is 0 Å². The lowest BCUT2D eigenvalue weighted by molar-refractivity contribution is 0.0530. The van der Waals surface area contributed by atoms with Crippen molar-refractivity contribution in [2.75, 3.05) is 19.7 Å². The van der Waals surface area contributed by atoms with Crippen molar-refractivity contribution in [2.45, 2.75) is 76.4 Å². The number of rotatable bonds is 5. The van der Waals surface area contributed by atoms with E-state index in [-0.39, 0.29) is 0 Å². The molecule has 1 saturated heterocycles. The van der Waals surface area contributed by atoms with Crippen LogP contribution in [-0.2, 0) is 0 Å². The van der Waals surface area contributed by atoms with Crippen molar-refractivity contribution < 1.29 is 5.11 Å². The number of hydrogen-bond acceptors (Lipinski definition) is 3. The molecule has 1 saturated carbocycles. The van der Waals surface area contributed by atoms with Crippen LogP contribution in [0.4, 0.5) is 0 Å². The smallest absolute Gasteiger partial charge is 0.0445 e. The molecule has 1 aliphatic carbocycles. The van der Waals surface area contributed by atoms with Gasteiger partial charge >= 0.3 is 0 Å². The SMILES string of the molecule is CCNC1CCC(N2CCCCC2CCO)CC1. The summed E-state index contributed by atoms with van der Waals surface area (Å²) in [6.45, 7) is 4.93. The molecule has 0 radical (unpaired) electrons. The van der Waals surface area contributed by atoms with E-state index < -0.39 is 0 Å². The molecule has 0 bridgehead atoms. The van der Waals surface area contributed by atoms with Gasteiger partial charge in [0.25, 0.3) is 0 Å². The molecule has 0 aromatic heterocycles. The first-order chi connectivity index (χ1) is 8.85. The van der Waals surface area contributed by atoms with E-state index in [0.29, 0.717) is 12.6 Å². The van der Waals surface area contributed by atoms with Crippen LogP contribution in [0.2, 0.25) is 0 Å². The summed E-state index contributed by atoms with van der Waals surface area (Å²) in [5.74, 6) is 0. The Balaban J connectivity index is 1.82. The van der Waals surface area contributed by atoms with Gasteiger partial charge in [0.05, 0.1) is 0 Å². The van der Waals surface area contributed by atoms with Crippen LogP contribution in [0.1, 0.15) is 58.3 Å². The van der Waals surface area contributed by atoms with Gasteiger partial charge in [-0.1, -0.05) is 13.3 Å². The first-order valence-electron chi connectivity index (χ1n) is 7.95. The number of piperidine rings is 1. The number of nitrogens with one attached hydrogen (secondary N) is 1. The molecule has 2 N–H and O–H groups in total. The van der Waals surface area contributed by atoms with Gasteiger partial charge in [-0.2, -0.15) is 0 Å². The Morgan fingerprint density at radius 2 is 1.89 bits per heavy atom. The zero-order chi connectivity index (χ0) is 12.8. The lowest BCUT2D eigenvalue weighted by Crippen LogP contribution is -2.49. The van der Waals surface area contributed by atoms with Crippen LogP contribution >= 0.6 is 0 Å². The highest BCUT2D eigenvalue weighted by Crippen LogP contribution is 2.29. The van der Waals surface area contributed by atoms with Crippen LogP contribution in [0.25, 0.3) is 0 Å². The molecule has 2 aliphatic rings. The van der Waals surface area contributed by atoms with E-state index in [1.807, 2.05) is 0 Å². The van der Waals surface area contributed by atoms with E-state index in [2.05, 4.69) is 17.1 Å². The fourth-order valence-electron chi connectivity index (χ4n) is 3.86. The number of likely N-dealkylation sites (tertiary alicyclic amines) is 1. The Morgan fingerprint density at radius 1 is 1.11 bits per heavy atom. The number of hydrogen-bond donors (Lipinski definition) is 2. The molecule has 1 atom stereocenters. The molecule has 3 nitrogen and oxygen atoms in total. The molecule has 1 unspecified atom stereocenters. The molecular formula is C15H30N2O. The first kappa shape index (κ1) is 14.3. The summed E-state index contributed by atoms with van der Waals surface area (Å²) in [5.41, 5.74) is 0. The number of nitrogens with zero attached hydrogens (tertiary/aromatic N) is 1. The van der Waals surface area contributed by atoms with E-state index in [1.54, 1.807) is 0 Å². The second-order valence-electron chi connectivity index (χ2n) is 5.96. The van der Waals surface area contributed by atoms with Crippen molar-refractivity contribution >= 4 is 0 Å². The topological polar surface area (TPSA) is 35.5 Å². The summed E-state index contributed by atoms with van der Waals surface area (Å²) < 4.78 is 0. The highest BCUT2D eigenvalue weighted by molar-refractivity contribution is 4.87. The molecule has 0 spiro atoms. The Kier molecular flexibility index (Phi) is 5.93. The fraction of sp³-hybridized carbons (Fsp3) is 1.00. The minimum Gasteiger partial charge on any atom is -0.396 e. The minimum atomic E-state index is 0.355. The second-order valence-corrected chi connectivity index (χ2v) is 5.96. The average Bonchev–Trinajstić information content (AvgIpc) is 2.41. The third-order valence-electron chi connectivity index (χ3n) is 4.79. The number of aliphatic hydroxyl groups is 1. The summed E-state index contributed by atoms with van der Waals surface area (Å²) in [6.07, 6.45) is 10.4. The van der Waals surface area contributed by atoms with Gasteiger partial charge in [-0.3, -0.25) is 4.90 Å². The fourth-order valence-corrected chi connectivity index (χ4v) is 3.86. The van der Waals surface area contributed by atoms with E-state index in [1.165, 1.54) is 51.5 Å². The molecule has 0 aromatic carbocycles. The van der Waals surface area contributed by atoms with Crippen molar-refractivity contribution in [3.05, 3.63) is 0 Å². The van der Waals surface area contributed by atoms with Crippen LogP contribution in [0, 0.1) is 0 Å². The molecule has 0 amide bonds. The second kappa shape index (κ2) is 7.46. The lowest BCUT2D eigenvalue weighted by atomic mass is 9.87. The normalized spacial score (nSPS) is 34.7. The predicted octanol–water partition coefficient (Wildman–Crippen LogP) is 2.14. The van der Waals surface area contributed by atoms with E-state index in [9.17, 15) is 5.11 Å². The molecule has 1 aliphatic heterocycles. The van der Waals surface area contributed by atoms with Gasteiger partial charge < -0.3 is 10.4 Å². The van der Waals surface area contributed by atoms with E-state index >= 15 is 0 Å². The maximum atomic E-state index is 9.21. The van der Waals surface area contributed by atoms with Gasteiger partial charge in [0.1, 0.15) is 0 Å². The van der Waals surface area contributed by atoms with Crippen molar-refractivity contribution in [3.63, 3.8) is 0 Å². The van der Waals surface area contributed by atoms with Crippen molar-refractivity contribution in [2.24, 2.45) is 0 Å². The summed E-state index contributed by atoms with van der Waals surface area (Å²) in [4.78, 5) is 2.72. The predicted molar refractivity (Wildman–Crippen MR) is 75.8 cm³/mol. The quantitative estimate of drug-likeness (QED) is 0.789. The third kappa shape index (κ3) is 3.69. The Morgan fingerprint density at radius 3 is 2.56 bits per heavy atom. The molecule has 0 aromatic rings. The summed E-state index contributed by atoms with van der Waals surface area (Å²) in [6, 6.07) is 2.20. The van der Waals surface area contributed by atoms with Crippen molar-refractivity contribution in [1.29, 1.82) is 0 Å². The van der Waals surface area contributed by atoms with Gasteiger partial charge in [-0.15, -0.1) is 0 Å². The largest absolute Gasteiger partial charge is 0.396 e. The van der Waals surface area contributed by atoms with Crippen LogP contribution in [0.5, 0.6) is 0 Å². The first-order valence-corrected chi connectivity index (χ1v) is 7.95. The lowest BCUT2D eigenvalue weighted by Gasteiger charge is -2.44. The van der Waals surface area contributed by atoms with Gasteiger partial charge in [0.15, 0.2) is 0 Å². The van der Waals surface area contributed by atoms with Gasteiger partial charge in [0.2, 0.25) is 0 Å². The molecule has 1 heterocycles. The molecule has 18 heavy (non-hydrogen) atoms. The van der Waals surface area contributed by atoms with Crippen LogP contribution in [0.15, 0.2) is 0 Å². The van der Waals surface area contributed by atoms with Crippen molar-refractivity contribution in [3.8, 4) is 0 Å². The number of aliphatic hydroxyl groups excluding tert-OH is 1. The molecule has 2 fully saturated rings. The summed E-state index contributed by atoms with van der Waals surface area (Å²) in [7, 11) is 0. The highest BCUT2D eigenvalue weighted by Gasteiger charge is 2.31.